The Bertz CT molecular complexity index is 990. The number of aryl methyl sites for hydroxylation is 1. The lowest BCUT2D eigenvalue weighted by atomic mass is 10.2. The average molecular weight is 387 g/mol. The van der Waals surface area contributed by atoms with Crippen molar-refractivity contribution in [2.24, 2.45) is 0 Å². The molecule has 1 N–H and O–H groups in total. The highest BCUT2D eigenvalue weighted by molar-refractivity contribution is 5.67. The first kappa shape index (κ1) is 18.1. The molecule has 148 valence electrons. The van der Waals surface area contributed by atoms with Crippen LogP contribution in [0.2, 0.25) is 0 Å². The first-order valence-electron chi connectivity index (χ1n) is 10.3. The number of pyridine rings is 1. The van der Waals surface area contributed by atoms with Crippen LogP contribution in [0.4, 0.5) is 17.2 Å². The van der Waals surface area contributed by atoms with Gasteiger partial charge in [0.05, 0.1) is 13.2 Å². The summed E-state index contributed by atoms with van der Waals surface area (Å²) < 4.78 is 5.55. The summed E-state index contributed by atoms with van der Waals surface area (Å²) in [4.78, 5) is 16.2. The van der Waals surface area contributed by atoms with Crippen molar-refractivity contribution < 1.29 is 4.74 Å². The number of benzene rings is 1. The lowest BCUT2D eigenvalue weighted by Crippen LogP contribution is -2.43. The minimum absolute atomic E-state index is 0.399. The zero-order valence-electron chi connectivity index (χ0n) is 16.6. The Labute approximate surface area is 171 Å². The fourth-order valence-electron chi connectivity index (χ4n) is 4.15. The number of hydrogen-bond acceptors (Lipinski definition) is 6. The molecule has 0 radical (unpaired) electrons. The quantitative estimate of drug-likeness (QED) is 0.730. The van der Waals surface area contributed by atoms with Gasteiger partial charge >= 0.3 is 0 Å². The number of rotatable bonds is 4. The average Bonchev–Trinajstić information content (AvgIpc) is 3.25. The fourth-order valence-corrected chi connectivity index (χ4v) is 4.15. The van der Waals surface area contributed by atoms with E-state index in [1.165, 1.54) is 11.3 Å². The Morgan fingerprint density at radius 2 is 1.86 bits per heavy atom. The minimum Gasteiger partial charge on any atom is -0.377 e. The summed E-state index contributed by atoms with van der Waals surface area (Å²) in [5.74, 6) is 1.68. The van der Waals surface area contributed by atoms with Crippen LogP contribution in [-0.4, -0.2) is 40.8 Å². The van der Waals surface area contributed by atoms with E-state index in [0.29, 0.717) is 6.04 Å². The van der Waals surface area contributed by atoms with Gasteiger partial charge in [-0.1, -0.05) is 0 Å². The van der Waals surface area contributed by atoms with Crippen LogP contribution in [0.25, 0.3) is 11.4 Å². The van der Waals surface area contributed by atoms with Crippen LogP contribution in [-0.2, 0) is 17.6 Å². The molecule has 6 heteroatoms. The first-order chi connectivity index (χ1) is 14.3. The predicted molar refractivity (Wildman–Crippen MR) is 115 cm³/mol. The largest absolute Gasteiger partial charge is 0.377 e. The van der Waals surface area contributed by atoms with Gasteiger partial charge in [-0.05, 0) is 62.6 Å². The summed E-state index contributed by atoms with van der Waals surface area (Å²) in [5.41, 5.74) is 5.68. The number of anilines is 3. The molecule has 1 aromatic carbocycles. The molecule has 3 aromatic rings. The van der Waals surface area contributed by atoms with Crippen molar-refractivity contribution in [1.29, 1.82) is 0 Å². The van der Waals surface area contributed by atoms with Gasteiger partial charge in [-0.3, -0.25) is 4.98 Å². The van der Waals surface area contributed by atoms with Crippen molar-refractivity contribution >= 4 is 17.2 Å². The molecule has 0 saturated carbocycles. The van der Waals surface area contributed by atoms with Crippen LogP contribution in [0.1, 0.15) is 24.6 Å². The van der Waals surface area contributed by atoms with Gasteiger partial charge in [0.15, 0.2) is 5.82 Å². The van der Waals surface area contributed by atoms with Crippen molar-refractivity contribution in [3.8, 4) is 11.4 Å². The van der Waals surface area contributed by atoms with Gasteiger partial charge < -0.3 is 15.0 Å². The van der Waals surface area contributed by atoms with E-state index in [9.17, 15) is 0 Å². The van der Waals surface area contributed by atoms with Gasteiger partial charge in [-0.25, -0.2) is 9.97 Å². The third-order valence-electron chi connectivity index (χ3n) is 5.70. The van der Waals surface area contributed by atoms with Gasteiger partial charge in [0.2, 0.25) is 0 Å². The molecule has 3 heterocycles. The summed E-state index contributed by atoms with van der Waals surface area (Å²) in [6.07, 6.45) is 6.73. The van der Waals surface area contributed by atoms with E-state index in [2.05, 4.69) is 46.4 Å². The van der Waals surface area contributed by atoms with Gasteiger partial charge in [-0.2, -0.15) is 0 Å². The van der Waals surface area contributed by atoms with Gasteiger partial charge in [0, 0.05) is 53.2 Å². The first-order valence-corrected chi connectivity index (χ1v) is 10.3. The zero-order chi connectivity index (χ0) is 19.6. The molecule has 0 amide bonds. The lowest BCUT2D eigenvalue weighted by molar-refractivity contribution is 0.0989. The smallest absolute Gasteiger partial charge is 0.161 e. The maximum atomic E-state index is 5.55. The van der Waals surface area contributed by atoms with Crippen molar-refractivity contribution in [2.45, 2.75) is 32.2 Å². The highest BCUT2D eigenvalue weighted by Gasteiger charge is 2.21. The second-order valence-electron chi connectivity index (χ2n) is 7.70. The summed E-state index contributed by atoms with van der Waals surface area (Å²) in [5, 5.41) is 3.55. The van der Waals surface area contributed by atoms with Crippen molar-refractivity contribution in [2.75, 3.05) is 30.0 Å². The Kier molecular flexibility index (Phi) is 4.86. The molecule has 1 aliphatic heterocycles. The molecule has 1 atom stereocenters. The molecule has 5 rings (SSSR count). The van der Waals surface area contributed by atoms with Gasteiger partial charge in [-0.15, -0.1) is 0 Å². The molecule has 2 aliphatic rings. The molecule has 1 saturated heterocycles. The molecular weight excluding hydrogens is 362 g/mol. The predicted octanol–water partition coefficient (Wildman–Crippen LogP) is 4.00. The summed E-state index contributed by atoms with van der Waals surface area (Å²) in [7, 11) is 0. The number of fused-ring (bicyclic) bond motifs is 1. The molecule has 0 spiro atoms. The van der Waals surface area contributed by atoms with E-state index in [0.717, 1.165) is 67.6 Å². The number of ether oxygens (including phenoxy) is 1. The van der Waals surface area contributed by atoms with E-state index >= 15 is 0 Å². The Hall–Kier alpha value is -2.99. The second kappa shape index (κ2) is 7.79. The monoisotopic (exact) mass is 387 g/mol. The molecule has 1 unspecified atom stereocenters. The molecule has 1 aliphatic carbocycles. The third kappa shape index (κ3) is 3.68. The topological polar surface area (TPSA) is 63.2 Å². The molecule has 2 aromatic heterocycles. The normalized spacial score (nSPS) is 18.5. The number of nitrogens with zero attached hydrogens (tertiary/aromatic N) is 4. The number of nitrogens with one attached hydrogen (secondary N) is 1. The second-order valence-corrected chi connectivity index (χ2v) is 7.70. The maximum absolute atomic E-state index is 5.55. The highest BCUT2D eigenvalue weighted by Crippen LogP contribution is 2.31. The van der Waals surface area contributed by atoms with Gasteiger partial charge in [0.25, 0.3) is 0 Å². The Morgan fingerprint density at radius 1 is 1.03 bits per heavy atom. The lowest BCUT2D eigenvalue weighted by Gasteiger charge is -2.35. The minimum atomic E-state index is 0.399. The molecular formula is C23H25N5O. The summed E-state index contributed by atoms with van der Waals surface area (Å²) in [6, 6.07) is 12.9. The molecule has 29 heavy (non-hydrogen) atoms. The van der Waals surface area contributed by atoms with Crippen molar-refractivity contribution in [3.63, 3.8) is 0 Å². The summed E-state index contributed by atoms with van der Waals surface area (Å²) >= 11 is 0. The zero-order valence-corrected chi connectivity index (χ0v) is 16.6. The van der Waals surface area contributed by atoms with E-state index in [4.69, 9.17) is 14.7 Å². The standard InChI is InChI=1S/C23H25N5O/c1-16-15-29-14-13-28(16)19-7-5-18(6-8-19)25-23-20-3-2-4-21(20)26-22(27-23)17-9-11-24-12-10-17/h5-12,16H,2-4,13-15H2,1H3,(H,25,26,27). The van der Waals surface area contributed by atoms with Crippen LogP contribution in [0.5, 0.6) is 0 Å². The maximum Gasteiger partial charge on any atom is 0.161 e. The molecule has 1 fully saturated rings. The SMILES string of the molecule is CC1COCCN1c1ccc(Nc2nc(-c3ccncc3)nc3c2CCC3)cc1. The number of hydrogen-bond donors (Lipinski definition) is 1. The van der Waals surface area contributed by atoms with E-state index in [1.807, 2.05) is 12.1 Å². The van der Waals surface area contributed by atoms with Crippen LogP contribution in [0, 0.1) is 0 Å². The van der Waals surface area contributed by atoms with Gasteiger partial charge in [0.1, 0.15) is 5.82 Å². The highest BCUT2D eigenvalue weighted by atomic mass is 16.5. The van der Waals surface area contributed by atoms with E-state index in [1.54, 1.807) is 12.4 Å². The van der Waals surface area contributed by atoms with Crippen LogP contribution >= 0.6 is 0 Å². The van der Waals surface area contributed by atoms with Crippen LogP contribution in [0.15, 0.2) is 48.8 Å². The Morgan fingerprint density at radius 3 is 2.66 bits per heavy atom. The number of morpholine rings is 1. The number of aromatic nitrogens is 3. The van der Waals surface area contributed by atoms with Crippen LogP contribution in [0.3, 0.4) is 0 Å². The molecule has 6 nitrogen and oxygen atoms in total. The van der Waals surface area contributed by atoms with Crippen molar-refractivity contribution in [1.82, 2.24) is 15.0 Å². The third-order valence-corrected chi connectivity index (χ3v) is 5.70. The Balaban J connectivity index is 1.42. The van der Waals surface area contributed by atoms with E-state index < -0.39 is 0 Å². The van der Waals surface area contributed by atoms with Crippen molar-refractivity contribution in [3.05, 3.63) is 60.0 Å². The summed E-state index contributed by atoms with van der Waals surface area (Å²) in [6.45, 7) is 4.71. The van der Waals surface area contributed by atoms with Crippen LogP contribution < -0.4 is 10.2 Å². The molecule has 0 bridgehead atoms. The fraction of sp³-hybridized carbons (Fsp3) is 0.348. The van der Waals surface area contributed by atoms with E-state index in [-0.39, 0.29) is 0 Å².